The highest BCUT2D eigenvalue weighted by Crippen LogP contribution is 2.42. The second-order valence-electron chi connectivity index (χ2n) is 9.43. The van der Waals surface area contributed by atoms with E-state index in [1.165, 1.54) is 18.0 Å². The van der Waals surface area contributed by atoms with Crippen molar-refractivity contribution in [1.29, 1.82) is 0 Å². The van der Waals surface area contributed by atoms with Crippen LogP contribution >= 0.6 is 0 Å². The highest BCUT2D eigenvalue weighted by Gasteiger charge is 2.27. The number of aromatic nitrogens is 4. The molecular formula is C25H26N6O3S. The molecule has 2 amide bonds. The number of aromatic amines is 1. The second-order valence-corrected chi connectivity index (χ2v) is 11.1. The minimum Gasteiger partial charge on any atom is -0.346 e. The van der Waals surface area contributed by atoms with Gasteiger partial charge in [-0.2, -0.15) is 5.10 Å². The van der Waals surface area contributed by atoms with E-state index in [0.29, 0.717) is 18.2 Å². The number of benzene rings is 1. The van der Waals surface area contributed by atoms with Crippen LogP contribution in [0, 0.1) is 12.8 Å². The number of nitrogens with one attached hydrogen (secondary N) is 3. The molecule has 0 aliphatic heterocycles. The lowest BCUT2D eigenvalue weighted by Crippen LogP contribution is -2.34. The van der Waals surface area contributed by atoms with Gasteiger partial charge in [-0.1, -0.05) is 6.07 Å². The lowest BCUT2D eigenvalue weighted by molar-refractivity contribution is 0.256. The fourth-order valence-electron chi connectivity index (χ4n) is 5.03. The Bertz CT molecular complexity index is 1570. The molecule has 35 heavy (non-hydrogen) atoms. The zero-order chi connectivity index (χ0) is 24.2. The number of urea groups is 1. The summed E-state index contributed by atoms with van der Waals surface area (Å²) in [5.41, 5.74) is 6.47. The van der Waals surface area contributed by atoms with Crippen LogP contribution in [0.4, 0.5) is 10.5 Å². The average molecular weight is 491 g/mol. The summed E-state index contributed by atoms with van der Waals surface area (Å²) >= 11 is 0. The van der Waals surface area contributed by atoms with Crippen molar-refractivity contribution in [3.05, 3.63) is 59.7 Å². The number of rotatable bonds is 6. The Hall–Kier alpha value is -3.66. The molecule has 9 nitrogen and oxygen atoms in total. The third-order valence-corrected chi connectivity index (χ3v) is 8.14. The summed E-state index contributed by atoms with van der Waals surface area (Å²) in [5, 5.41) is 7.98. The molecule has 0 bridgehead atoms. The number of nitrogens with zero attached hydrogens (tertiary/aromatic N) is 3. The van der Waals surface area contributed by atoms with E-state index in [1.54, 1.807) is 10.9 Å². The predicted octanol–water partition coefficient (Wildman–Crippen LogP) is 4.14. The summed E-state index contributed by atoms with van der Waals surface area (Å²) in [6, 6.07) is 5.26. The molecule has 0 radical (unpaired) electrons. The molecule has 3 aromatic heterocycles. The minimum atomic E-state index is -4.06. The summed E-state index contributed by atoms with van der Waals surface area (Å²) in [4.78, 5) is 20.5. The molecule has 2 aliphatic rings. The number of anilines is 1. The Kier molecular flexibility index (Phi) is 5.14. The number of pyridine rings is 1. The Morgan fingerprint density at radius 3 is 2.94 bits per heavy atom. The van der Waals surface area contributed by atoms with Crippen LogP contribution in [0.3, 0.4) is 0 Å². The van der Waals surface area contributed by atoms with E-state index in [1.807, 2.05) is 25.3 Å². The van der Waals surface area contributed by atoms with Crippen molar-refractivity contribution in [2.75, 3.05) is 5.32 Å². The van der Waals surface area contributed by atoms with Crippen LogP contribution in [-0.4, -0.2) is 34.2 Å². The van der Waals surface area contributed by atoms with Gasteiger partial charge in [0, 0.05) is 36.1 Å². The van der Waals surface area contributed by atoms with E-state index in [0.717, 1.165) is 65.4 Å². The largest absolute Gasteiger partial charge is 0.346 e. The van der Waals surface area contributed by atoms with Gasteiger partial charge in [-0.3, -0.25) is 4.68 Å². The van der Waals surface area contributed by atoms with Gasteiger partial charge in [0.05, 0.1) is 11.9 Å². The molecule has 0 unspecified atom stereocenters. The average Bonchev–Trinajstić information content (AvgIpc) is 3.21. The number of sulfonamides is 1. The van der Waals surface area contributed by atoms with E-state index in [4.69, 9.17) is 0 Å². The van der Waals surface area contributed by atoms with Gasteiger partial charge in [0.25, 0.3) is 10.0 Å². The van der Waals surface area contributed by atoms with Crippen molar-refractivity contribution in [2.24, 2.45) is 5.92 Å². The maximum absolute atomic E-state index is 13.1. The standard InChI is InChI=1S/C25H26N6O3S/c1-15-11-17-3-2-4-19(17)23(22(15)20-7-9-26-24-21(20)8-10-27-24)29-25(32)30-35(33,34)18-12-28-31(14-18)13-16-5-6-16/h7-12,14,16H,2-6,13H2,1H3,(H,26,27)(H2,29,30,32). The molecule has 3 heterocycles. The number of H-pyrrole nitrogens is 1. The van der Waals surface area contributed by atoms with Crippen LogP contribution in [0.2, 0.25) is 0 Å². The van der Waals surface area contributed by atoms with Gasteiger partial charge in [0.15, 0.2) is 0 Å². The molecule has 10 heteroatoms. The molecule has 4 aromatic rings. The van der Waals surface area contributed by atoms with Crippen LogP contribution < -0.4 is 10.0 Å². The maximum atomic E-state index is 13.1. The predicted molar refractivity (Wildman–Crippen MR) is 133 cm³/mol. The van der Waals surface area contributed by atoms with Gasteiger partial charge in [-0.05, 0) is 79.3 Å². The first-order valence-electron chi connectivity index (χ1n) is 11.8. The fourth-order valence-corrected chi connectivity index (χ4v) is 5.88. The zero-order valence-corrected chi connectivity index (χ0v) is 20.2. The summed E-state index contributed by atoms with van der Waals surface area (Å²) in [5.74, 6) is 0.559. The molecule has 0 atom stereocenters. The van der Waals surface area contributed by atoms with Gasteiger partial charge >= 0.3 is 6.03 Å². The monoisotopic (exact) mass is 490 g/mol. The van der Waals surface area contributed by atoms with E-state index < -0.39 is 16.1 Å². The highest BCUT2D eigenvalue weighted by atomic mass is 32.2. The van der Waals surface area contributed by atoms with Gasteiger partial charge in [0.2, 0.25) is 0 Å². The zero-order valence-electron chi connectivity index (χ0n) is 19.3. The van der Waals surface area contributed by atoms with Crippen LogP contribution in [0.5, 0.6) is 0 Å². The van der Waals surface area contributed by atoms with E-state index in [-0.39, 0.29) is 4.90 Å². The molecule has 1 aromatic carbocycles. The lowest BCUT2D eigenvalue weighted by atomic mass is 9.92. The molecular weight excluding hydrogens is 464 g/mol. The van der Waals surface area contributed by atoms with Crippen molar-refractivity contribution in [3.8, 4) is 11.1 Å². The smallest absolute Gasteiger partial charge is 0.333 e. The number of hydrogen-bond acceptors (Lipinski definition) is 5. The SMILES string of the molecule is Cc1cc2c(c(NC(=O)NS(=O)(=O)c3cnn(CC4CC4)c3)c1-c1ccnc3[nH]ccc13)CCC2. The normalized spacial score (nSPS) is 15.3. The first-order chi connectivity index (χ1) is 16.9. The van der Waals surface area contributed by atoms with Crippen molar-refractivity contribution in [3.63, 3.8) is 0 Å². The minimum absolute atomic E-state index is 0.0221. The third-order valence-electron chi connectivity index (χ3n) is 6.85. The van der Waals surface area contributed by atoms with Crippen molar-refractivity contribution < 1.29 is 13.2 Å². The molecule has 3 N–H and O–H groups in total. The Labute approximate surface area is 203 Å². The van der Waals surface area contributed by atoms with Crippen LogP contribution in [-0.2, 0) is 29.4 Å². The van der Waals surface area contributed by atoms with Crippen LogP contribution in [0.25, 0.3) is 22.2 Å². The first kappa shape index (κ1) is 21.8. The molecule has 1 fully saturated rings. The molecule has 180 valence electrons. The topological polar surface area (TPSA) is 122 Å². The van der Waals surface area contributed by atoms with E-state index in [9.17, 15) is 13.2 Å². The van der Waals surface area contributed by atoms with Crippen molar-refractivity contribution in [1.82, 2.24) is 24.5 Å². The molecule has 0 saturated heterocycles. The summed E-state index contributed by atoms with van der Waals surface area (Å²) < 4.78 is 29.6. The number of hydrogen-bond donors (Lipinski definition) is 3. The number of carbonyl (C=O) groups excluding carboxylic acids is 1. The molecule has 0 spiro atoms. The van der Waals surface area contributed by atoms with Gasteiger partial charge in [-0.15, -0.1) is 0 Å². The van der Waals surface area contributed by atoms with Crippen LogP contribution in [0.15, 0.2) is 47.9 Å². The van der Waals surface area contributed by atoms with Crippen molar-refractivity contribution >= 4 is 32.8 Å². The van der Waals surface area contributed by atoms with E-state index in [2.05, 4.69) is 31.2 Å². The number of aryl methyl sites for hydroxylation is 2. The molecule has 2 aliphatic carbocycles. The summed E-state index contributed by atoms with van der Waals surface area (Å²) in [6.45, 7) is 2.71. The van der Waals surface area contributed by atoms with Gasteiger partial charge < -0.3 is 10.3 Å². The maximum Gasteiger partial charge on any atom is 0.333 e. The molecule has 1 saturated carbocycles. The number of carbonyl (C=O) groups is 1. The van der Waals surface area contributed by atoms with E-state index >= 15 is 0 Å². The fraction of sp³-hybridized carbons (Fsp3) is 0.320. The van der Waals surface area contributed by atoms with Crippen molar-refractivity contribution in [2.45, 2.75) is 50.5 Å². The van der Waals surface area contributed by atoms with Gasteiger partial charge in [-0.25, -0.2) is 22.9 Å². The Morgan fingerprint density at radius 2 is 2.11 bits per heavy atom. The van der Waals surface area contributed by atoms with Gasteiger partial charge in [0.1, 0.15) is 10.5 Å². The summed E-state index contributed by atoms with van der Waals surface area (Å²) in [7, 11) is -4.06. The highest BCUT2D eigenvalue weighted by molar-refractivity contribution is 7.90. The Balaban J connectivity index is 1.34. The molecule has 6 rings (SSSR count). The number of fused-ring (bicyclic) bond motifs is 2. The second kappa shape index (κ2) is 8.23. The lowest BCUT2D eigenvalue weighted by Gasteiger charge is -2.19. The quantitative estimate of drug-likeness (QED) is 0.375. The van der Waals surface area contributed by atoms with Crippen LogP contribution in [0.1, 0.15) is 36.0 Å². The number of amides is 2. The third kappa shape index (κ3) is 4.07. The Morgan fingerprint density at radius 1 is 1.26 bits per heavy atom. The summed E-state index contributed by atoms with van der Waals surface area (Å²) in [6.07, 6.45) is 11.3. The first-order valence-corrected chi connectivity index (χ1v) is 13.3.